The molecule has 0 bridgehead atoms. The van der Waals surface area contributed by atoms with Crippen LogP contribution in [-0.2, 0) is 9.53 Å². The first-order chi connectivity index (χ1) is 9.46. The molecule has 0 aromatic carbocycles. The molecule has 20 heavy (non-hydrogen) atoms. The minimum Gasteiger partial charge on any atom is -0.468 e. The van der Waals surface area contributed by atoms with E-state index in [1.54, 1.807) is 0 Å². The normalized spacial score (nSPS) is 26.3. The first-order valence-corrected chi connectivity index (χ1v) is 8.00. The monoisotopic (exact) mass is 284 g/mol. The number of nitrogens with one attached hydrogen (secondary N) is 1. The standard InChI is InChI=1S/C16H32N2O2/c1-6-13-8-10-14(11-9-13)18(4)12-16(3,17-7-2)15(19)20-5/h13-14,17H,6-12H2,1-5H3. The smallest absolute Gasteiger partial charge is 0.327 e. The fourth-order valence-corrected chi connectivity index (χ4v) is 3.43. The van der Waals surface area contributed by atoms with E-state index in [-0.39, 0.29) is 5.97 Å². The fraction of sp³-hybridized carbons (Fsp3) is 0.938. The number of hydrogen-bond donors (Lipinski definition) is 1. The van der Waals surface area contributed by atoms with Gasteiger partial charge in [-0.15, -0.1) is 0 Å². The second-order valence-electron chi connectivity index (χ2n) is 6.35. The van der Waals surface area contributed by atoms with Crippen molar-refractivity contribution < 1.29 is 9.53 Å². The average molecular weight is 284 g/mol. The zero-order valence-corrected chi connectivity index (χ0v) is 13.9. The highest BCUT2D eigenvalue weighted by molar-refractivity contribution is 5.80. The topological polar surface area (TPSA) is 41.6 Å². The Balaban J connectivity index is 2.58. The number of carbonyl (C=O) groups is 1. The molecular weight excluding hydrogens is 252 g/mol. The van der Waals surface area contributed by atoms with E-state index in [9.17, 15) is 4.79 Å². The predicted octanol–water partition coefficient (Wildman–Crippen LogP) is 2.43. The van der Waals surface area contributed by atoms with Crippen LogP contribution in [0.1, 0.15) is 52.9 Å². The van der Waals surface area contributed by atoms with Crippen LogP contribution in [0.3, 0.4) is 0 Å². The minimum atomic E-state index is -0.611. The first kappa shape index (κ1) is 17.4. The van der Waals surface area contributed by atoms with Gasteiger partial charge in [-0.3, -0.25) is 4.79 Å². The highest BCUT2D eigenvalue weighted by Crippen LogP contribution is 2.29. The lowest BCUT2D eigenvalue weighted by molar-refractivity contribution is -0.149. The van der Waals surface area contributed by atoms with Crippen molar-refractivity contribution in [2.24, 2.45) is 5.92 Å². The third kappa shape index (κ3) is 4.45. The summed E-state index contributed by atoms with van der Waals surface area (Å²) in [6.45, 7) is 7.72. The zero-order chi connectivity index (χ0) is 15.2. The number of rotatable bonds is 7. The van der Waals surface area contributed by atoms with Crippen LogP contribution in [0.25, 0.3) is 0 Å². The van der Waals surface area contributed by atoms with E-state index in [2.05, 4.69) is 24.2 Å². The van der Waals surface area contributed by atoms with Gasteiger partial charge in [0.2, 0.25) is 0 Å². The Kier molecular flexibility index (Phi) is 6.96. The van der Waals surface area contributed by atoms with Gasteiger partial charge in [-0.1, -0.05) is 20.3 Å². The van der Waals surface area contributed by atoms with E-state index in [1.807, 2.05) is 13.8 Å². The molecule has 0 aromatic heterocycles. The molecule has 0 radical (unpaired) electrons. The molecular formula is C16H32N2O2. The van der Waals surface area contributed by atoms with Gasteiger partial charge in [-0.2, -0.15) is 0 Å². The molecule has 118 valence electrons. The maximum atomic E-state index is 12.0. The SMILES string of the molecule is CCNC(C)(CN(C)C1CCC(CC)CC1)C(=O)OC. The molecule has 1 saturated carbocycles. The van der Waals surface area contributed by atoms with Gasteiger partial charge in [0, 0.05) is 12.6 Å². The lowest BCUT2D eigenvalue weighted by Gasteiger charge is -2.39. The molecule has 1 aliphatic carbocycles. The maximum Gasteiger partial charge on any atom is 0.327 e. The summed E-state index contributed by atoms with van der Waals surface area (Å²) in [7, 11) is 3.60. The summed E-state index contributed by atoms with van der Waals surface area (Å²) >= 11 is 0. The van der Waals surface area contributed by atoms with Gasteiger partial charge in [0.05, 0.1) is 7.11 Å². The van der Waals surface area contributed by atoms with Crippen LogP contribution in [0.15, 0.2) is 0 Å². The van der Waals surface area contributed by atoms with E-state index < -0.39 is 5.54 Å². The van der Waals surface area contributed by atoms with Crippen molar-refractivity contribution in [3.8, 4) is 0 Å². The Labute approximate surface area is 124 Å². The molecule has 0 heterocycles. The largest absolute Gasteiger partial charge is 0.468 e. The Bertz CT molecular complexity index is 301. The summed E-state index contributed by atoms with van der Waals surface area (Å²) in [5.74, 6) is 0.730. The number of hydrogen-bond acceptors (Lipinski definition) is 4. The van der Waals surface area contributed by atoms with E-state index >= 15 is 0 Å². The summed E-state index contributed by atoms with van der Waals surface area (Å²) in [4.78, 5) is 14.4. The number of esters is 1. The van der Waals surface area contributed by atoms with Crippen molar-refractivity contribution in [1.82, 2.24) is 10.2 Å². The van der Waals surface area contributed by atoms with E-state index in [0.29, 0.717) is 12.6 Å². The first-order valence-electron chi connectivity index (χ1n) is 8.00. The molecule has 4 heteroatoms. The van der Waals surface area contributed by atoms with Crippen molar-refractivity contribution in [3.05, 3.63) is 0 Å². The van der Waals surface area contributed by atoms with Gasteiger partial charge < -0.3 is 15.0 Å². The zero-order valence-electron chi connectivity index (χ0n) is 13.9. The van der Waals surface area contributed by atoms with Crippen LogP contribution in [0.5, 0.6) is 0 Å². The molecule has 1 rings (SSSR count). The van der Waals surface area contributed by atoms with Gasteiger partial charge in [0.25, 0.3) is 0 Å². The average Bonchev–Trinajstić information content (AvgIpc) is 2.46. The van der Waals surface area contributed by atoms with Crippen LogP contribution >= 0.6 is 0 Å². The van der Waals surface area contributed by atoms with Crippen LogP contribution in [0.4, 0.5) is 0 Å². The van der Waals surface area contributed by atoms with Gasteiger partial charge in [0.15, 0.2) is 0 Å². The molecule has 1 unspecified atom stereocenters. The van der Waals surface area contributed by atoms with E-state index in [0.717, 1.165) is 12.5 Å². The molecule has 0 aromatic rings. The fourth-order valence-electron chi connectivity index (χ4n) is 3.43. The van der Waals surface area contributed by atoms with Crippen LogP contribution in [0.2, 0.25) is 0 Å². The Morgan fingerprint density at radius 3 is 2.35 bits per heavy atom. The molecule has 1 N–H and O–H groups in total. The quantitative estimate of drug-likeness (QED) is 0.729. The molecule has 1 atom stereocenters. The van der Waals surface area contributed by atoms with Crippen molar-refractivity contribution in [2.75, 3.05) is 27.2 Å². The van der Waals surface area contributed by atoms with Crippen LogP contribution in [0, 0.1) is 5.92 Å². The third-order valence-electron chi connectivity index (χ3n) is 4.79. The van der Waals surface area contributed by atoms with Crippen molar-refractivity contribution in [1.29, 1.82) is 0 Å². The highest BCUT2D eigenvalue weighted by Gasteiger charge is 2.36. The second-order valence-corrected chi connectivity index (χ2v) is 6.35. The Hall–Kier alpha value is -0.610. The summed E-state index contributed by atoms with van der Waals surface area (Å²) < 4.78 is 4.96. The Morgan fingerprint density at radius 2 is 1.90 bits per heavy atom. The predicted molar refractivity (Wildman–Crippen MR) is 82.8 cm³/mol. The highest BCUT2D eigenvalue weighted by atomic mass is 16.5. The van der Waals surface area contributed by atoms with E-state index in [1.165, 1.54) is 39.2 Å². The number of likely N-dealkylation sites (N-methyl/N-ethyl adjacent to an activating group) is 2. The molecule has 1 aliphatic rings. The molecule has 0 spiro atoms. The Morgan fingerprint density at radius 1 is 1.30 bits per heavy atom. The van der Waals surface area contributed by atoms with Gasteiger partial charge >= 0.3 is 5.97 Å². The number of methoxy groups -OCH3 is 1. The van der Waals surface area contributed by atoms with Crippen molar-refractivity contribution in [2.45, 2.75) is 64.5 Å². The van der Waals surface area contributed by atoms with Gasteiger partial charge in [-0.25, -0.2) is 0 Å². The van der Waals surface area contributed by atoms with Crippen LogP contribution in [-0.4, -0.2) is 49.7 Å². The molecule has 0 aliphatic heterocycles. The summed E-state index contributed by atoms with van der Waals surface area (Å²) in [5.41, 5.74) is -0.611. The molecule has 4 nitrogen and oxygen atoms in total. The van der Waals surface area contributed by atoms with E-state index in [4.69, 9.17) is 4.74 Å². The molecule has 0 saturated heterocycles. The van der Waals surface area contributed by atoms with Crippen LogP contribution < -0.4 is 5.32 Å². The number of carbonyl (C=O) groups excluding carboxylic acids is 1. The second kappa shape index (κ2) is 7.99. The molecule has 0 amide bonds. The van der Waals surface area contributed by atoms with Gasteiger partial charge in [0.1, 0.15) is 5.54 Å². The number of ether oxygens (including phenoxy) is 1. The summed E-state index contributed by atoms with van der Waals surface area (Å²) in [6, 6.07) is 0.598. The third-order valence-corrected chi connectivity index (χ3v) is 4.79. The summed E-state index contributed by atoms with van der Waals surface area (Å²) in [6.07, 6.45) is 6.44. The lowest BCUT2D eigenvalue weighted by Crippen LogP contribution is -2.58. The number of nitrogens with zero attached hydrogens (tertiary/aromatic N) is 1. The molecule has 1 fully saturated rings. The van der Waals surface area contributed by atoms with Crippen molar-refractivity contribution in [3.63, 3.8) is 0 Å². The van der Waals surface area contributed by atoms with Crippen molar-refractivity contribution >= 4 is 5.97 Å². The maximum absolute atomic E-state index is 12.0. The lowest BCUT2D eigenvalue weighted by atomic mass is 9.83. The van der Waals surface area contributed by atoms with Gasteiger partial charge in [-0.05, 0) is 52.1 Å². The minimum absolute atomic E-state index is 0.173. The summed E-state index contributed by atoms with van der Waals surface area (Å²) in [5, 5.41) is 3.28.